The molecule has 11 rings (SSSR count). The molecule has 0 radical (unpaired) electrons. The number of anilines is 2. The molecule has 4 aliphatic rings. The SMILES string of the molecule is CC(NC(=O)C1CCCN1C(=O)C(c1cc(OCC2CCN(CCOc3nc(N4CC5CCC(C4)N5C(=O)OC(C)(C)C)c4cc(Cl)c(-c5ccc(F)c6sc(N)c(C#N)c56)c(F)c4n3)CC2)no1)C(C)C)c1ccc(-c2c(F)cccc2F)cc1. The summed E-state index contributed by atoms with van der Waals surface area (Å²) in [7, 11) is 0. The van der Waals surface area contributed by atoms with Gasteiger partial charge in [0.05, 0.1) is 45.6 Å². The normalized spacial score (nSPS) is 19.1. The first-order valence-corrected chi connectivity index (χ1v) is 30.3. The van der Waals surface area contributed by atoms with Crippen LogP contribution in [0.5, 0.6) is 11.9 Å². The number of benzene rings is 4. The van der Waals surface area contributed by atoms with E-state index in [-0.39, 0.29) is 108 Å². The van der Waals surface area contributed by atoms with Gasteiger partial charge < -0.3 is 39.6 Å². The number of carbonyl (C=O) groups excluding carboxylic acids is 3. The minimum absolute atomic E-state index is 0.00763. The average Bonchev–Trinajstić information content (AvgIpc) is 1.32. The zero-order valence-electron chi connectivity index (χ0n) is 48.6. The van der Waals surface area contributed by atoms with Crippen molar-refractivity contribution in [1.82, 2.24) is 35.1 Å². The molecule has 5 atom stereocenters. The number of nitrogen functional groups attached to an aromatic ring is 1. The summed E-state index contributed by atoms with van der Waals surface area (Å²) in [5.41, 5.74) is 6.50. The molecule has 4 aromatic carbocycles. The molecule has 23 heteroatoms. The van der Waals surface area contributed by atoms with Crippen LogP contribution in [0.15, 0.2) is 71.3 Å². The van der Waals surface area contributed by atoms with E-state index in [1.54, 1.807) is 46.2 Å². The van der Waals surface area contributed by atoms with Gasteiger partial charge in [-0.25, -0.2) is 22.4 Å². The molecule has 86 heavy (non-hydrogen) atoms. The van der Waals surface area contributed by atoms with E-state index in [0.717, 1.165) is 55.7 Å². The van der Waals surface area contributed by atoms with Gasteiger partial charge in [0.1, 0.15) is 64.0 Å². The molecular weight excluding hydrogens is 1150 g/mol. The van der Waals surface area contributed by atoms with Crippen molar-refractivity contribution >= 4 is 72.7 Å². The van der Waals surface area contributed by atoms with Crippen molar-refractivity contribution in [3.63, 3.8) is 0 Å². The van der Waals surface area contributed by atoms with E-state index in [0.29, 0.717) is 68.2 Å². The quantitative estimate of drug-likeness (QED) is 0.0864. The van der Waals surface area contributed by atoms with Crippen LogP contribution in [0.1, 0.15) is 109 Å². The number of thiophene rings is 1. The third kappa shape index (κ3) is 12.1. The number of fused-ring (bicyclic) bond motifs is 4. The van der Waals surface area contributed by atoms with Crippen molar-refractivity contribution in [2.45, 2.75) is 116 Å². The van der Waals surface area contributed by atoms with Gasteiger partial charge in [0.25, 0.3) is 5.88 Å². The van der Waals surface area contributed by atoms with Crippen LogP contribution >= 0.6 is 22.9 Å². The second kappa shape index (κ2) is 24.6. The van der Waals surface area contributed by atoms with Gasteiger partial charge in [-0.2, -0.15) is 15.2 Å². The first-order chi connectivity index (χ1) is 41.2. The van der Waals surface area contributed by atoms with Crippen LogP contribution in [0.2, 0.25) is 5.02 Å². The number of piperidine rings is 1. The van der Waals surface area contributed by atoms with Crippen molar-refractivity contribution < 1.29 is 50.7 Å². The molecule has 0 saturated carbocycles. The monoisotopic (exact) mass is 1220 g/mol. The van der Waals surface area contributed by atoms with Gasteiger partial charge in [0, 0.05) is 48.6 Å². The summed E-state index contributed by atoms with van der Waals surface area (Å²) in [6, 6.07) is 16.6. The third-order valence-corrected chi connectivity index (χ3v) is 18.2. The molecule has 3 aromatic heterocycles. The number of nitriles is 1. The molecule has 4 saturated heterocycles. The molecule has 5 unspecified atom stereocenters. The number of nitrogens with zero attached hydrogens (tertiary/aromatic N) is 8. The average molecular weight is 1220 g/mol. The predicted molar refractivity (Wildman–Crippen MR) is 319 cm³/mol. The molecular formula is C63H67ClF4N10O7S. The number of likely N-dealkylation sites (tertiary alicyclic amines) is 2. The predicted octanol–water partition coefficient (Wildman–Crippen LogP) is 12.2. The van der Waals surface area contributed by atoms with Gasteiger partial charge >= 0.3 is 12.1 Å². The van der Waals surface area contributed by atoms with E-state index < -0.39 is 46.9 Å². The van der Waals surface area contributed by atoms with Crippen LogP contribution in [0.3, 0.4) is 0 Å². The van der Waals surface area contributed by atoms with E-state index in [2.05, 4.69) is 20.4 Å². The molecule has 3 N–H and O–H groups in total. The molecule has 7 heterocycles. The standard InChI is InChI=1S/C63H67ClF4N10O7S/c1-33(2)50(60(80)77-22-8-11-47(77)59(79)71-34(3)36-12-14-37(15-13-36)51-44(65)9-7-10-45(51)66)48-28-49(74-85-48)83-32-35-20-23-75(24-21-35)25-26-82-61-72-55-41(58(73-61)76-30-38-16-17-39(31-76)78(38)62(81)84-63(4,5)6)27-43(64)53(54(55)68)40-18-19-46(67)56-52(40)42(29-69)57(70)86-56/h7,9-10,12-15,18-19,27-28,33-35,38-39,47,50H,8,11,16-17,20-26,30-32,70H2,1-6H3,(H,71,79). The van der Waals surface area contributed by atoms with Crippen molar-refractivity contribution in [3.05, 3.63) is 112 Å². The number of nitrogens with one attached hydrogen (secondary N) is 1. The lowest BCUT2D eigenvalue weighted by Gasteiger charge is -2.42. The maximum atomic E-state index is 17.5. The minimum Gasteiger partial charge on any atom is -0.475 e. The Morgan fingerprint density at radius 2 is 1.60 bits per heavy atom. The number of carbonyl (C=O) groups is 3. The number of ether oxygens (including phenoxy) is 3. The first-order valence-electron chi connectivity index (χ1n) is 29.1. The fourth-order valence-corrected chi connectivity index (χ4v) is 13.8. The fourth-order valence-electron chi connectivity index (χ4n) is 12.6. The van der Waals surface area contributed by atoms with Crippen LogP contribution in [0.4, 0.5) is 33.2 Å². The lowest BCUT2D eigenvalue weighted by molar-refractivity contribution is -0.141. The molecule has 7 aromatic rings. The molecule has 17 nitrogen and oxygen atoms in total. The highest BCUT2D eigenvalue weighted by Crippen LogP contribution is 2.47. The largest absolute Gasteiger partial charge is 0.475 e. The number of amides is 3. The van der Waals surface area contributed by atoms with E-state index in [9.17, 15) is 28.4 Å². The fraction of sp³-hybridized carbons (Fsp3) is 0.444. The number of nitrogens with two attached hydrogens (primary N) is 1. The number of aromatic nitrogens is 3. The van der Waals surface area contributed by atoms with Crippen LogP contribution in [0.25, 0.3) is 43.2 Å². The van der Waals surface area contributed by atoms with Gasteiger partial charge in [-0.05, 0) is 137 Å². The second-order valence-electron chi connectivity index (χ2n) is 24.1. The smallest absolute Gasteiger partial charge is 0.410 e. The zero-order valence-corrected chi connectivity index (χ0v) is 50.2. The Hall–Kier alpha value is -7.74. The summed E-state index contributed by atoms with van der Waals surface area (Å²) in [5, 5.41) is 17.8. The van der Waals surface area contributed by atoms with Crippen LogP contribution < -0.4 is 25.4 Å². The number of halogens is 5. The zero-order chi connectivity index (χ0) is 60.9. The van der Waals surface area contributed by atoms with Crippen molar-refractivity contribution in [2.75, 3.05) is 63.1 Å². The van der Waals surface area contributed by atoms with Crippen molar-refractivity contribution in [1.29, 1.82) is 5.26 Å². The Kier molecular flexibility index (Phi) is 17.1. The highest BCUT2D eigenvalue weighted by molar-refractivity contribution is 7.23. The van der Waals surface area contributed by atoms with Crippen LogP contribution in [-0.4, -0.2) is 124 Å². The summed E-state index contributed by atoms with van der Waals surface area (Å²) in [4.78, 5) is 58.8. The molecule has 0 aliphatic carbocycles. The molecule has 2 bridgehead atoms. The molecule has 4 fully saturated rings. The Morgan fingerprint density at radius 1 is 0.895 bits per heavy atom. The second-order valence-corrected chi connectivity index (χ2v) is 25.5. The number of piperazine rings is 1. The van der Waals surface area contributed by atoms with Gasteiger partial charge in [0.15, 0.2) is 11.6 Å². The number of rotatable bonds is 16. The summed E-state index contributed by atoms with van der Waals surface area (Å²) in [6.07, 6.45) is 3.82. The third-order valence-electron chi connectivity index (χ3n) is 16.8. The summed E-state index contributed by atoms with van der Waals surface area (Å²) >= 11 is 7.89. The molecule has 452 valence electrons. The van der Waals surface area contributed by atoms with Gasteiger partial charge in [0.2, 0.25) is 11.8 Å². The Bertz CT molecular complexity index is 3740. The van der Waals surface area contributed by atoms with E-state index >= 15 is 8.78 Å². The highest BCUT2D eigenvalue weighted by atomic mass is 35.5. The number of hydrogen-bond acceptors (Lipinski definition) is 15. The summed E-state index contributed by atoms with van der Waals surface area (Å²) in [6.45, 7) is 14.8. The van der Waals surface area contributed by atoms with Crippen LogP contribution in [0, 0.1) is 46.4 Å². The topological polar surface area (TPSA) is 206 Å². The van der Waals surface area contributed by atoms with Gasteiger partial charge in [-0.15, -0.1) is 11.3 Å². The Labute approximate surface area is 504 Å². The van der Waals surface area contributed by atoms with Crippen molar-refractivity contribution in [2.24, 2.45) is 11.8 Å². The van der Waals surface area contributed by atoms with E-state index in [4.69, 9.17) is 41.1 Å². The summed E-state index contributed by atoms with van der Waals surface area (Å²) in [5.74, 6) is -3.05. The Morgan fingerprint density at radius 3 is 2.28 bits per heavy atom. The molecule has 0 spiro atoms. The van der Waals surface area contributed by atoms with Gasteiger partial charge in [-0.3, -0.25) is 19.4 Å². The maximum Gasteiger partial charge on any atom is 0.410 e. The lowest BCUT2D eigenvalue weighted by Crippen LogP contribution is -2.57. The molecule has 3 amide bonds. The summed E-state index contributed by atoms with van der Waals surface area (Å²) < 4.78 is 85.7. The minimum atomic E-state index is -0.812. The highest BCUT2D eigenvalue weighted by Gasteiger charge is 2.46. The Balaban J connectivity index is 0.720. The number of hydrogen-bond donors (Lipinski definition) is 2. The van der Waals surface area contributed by atoms with Crippen molar-refractivity contribution in [3.8, 4) is 40.2 Å². The van der Waals surface area contributed by atoms with E-state index in [1.807, 2.05) is 52.5 Å². The van der Waals surface area contributed by atoms with Crippen LogP contribution in [-0.2, 0) is 14.3 Å². The molecule has 4 aliphatic heterocycles. The maximum absolute atomic E-state index is 17.5. The first kappa shape index (κ1) is 60.0. The van der Waals surface area contributed by atoms with E-state index in [1.165, 1.54) is 30.3 Å². The lowest BCUT2D eigenvalue weighted by atomic mass is 9.91. The van der Waals surface area contributed by atoms with Gasteiger partial charge in [-0.1, -0.05) is 61.8 Å².